The SMILES string of the molecule is CC(C)(C)OC(N)=O.Cc1nc(C(OC2COC2C)[C@@H](O)CN)n(-c2cc(Cl)ccc2C(F)(F)F)n1. The molecule has 3 rings (SSSR count). The molecule has 4 atom stereocenters. The van der Waals surface area contributed by atoms with Gasteiger partial charge in [0.15, 0.2) is 5.82 Å². The lowest BCUT2D eigenvalue weighted by atomic mass is 10.1. The quantitative estimate of drug-likeness (QED) is 0.508. The number of carbonyl (C=O) groups is 1. The molecule has 1 amide bonds. The molecule has 1 aromatic heterocycles. The molecule has 3 unspecified atom stereocenters. The number of aromatic nitrogens is 3. The molecule has 0 bridgehead atoms. The normalized spacial score (nSPS) is 19.5. The van der Waals surface area contributed by atoms with Gasteiger partial charge in [0.1, 0.15) is 23.6 Å². The van der Waals surface area contributed by atoms with Gasteiger partial charge in [-0.15, -0.1) is 0 Å². The van der Waals surface area contributed by atoms with Crippen molar-refractivity contribution in [3.05, 3.63) is 40.4 Å². The number of aryl methyl sites for hydroxylation is 1. The Morgan fingerprint density at radius 1 is 1.36 bits per heavy atom. The van der Waals surface area contributed by atoms with Crippen molar-refractivity contribution in [2.75, 3.05) is 13.2 Å². The number of amides is 1. The van der Waals surface area contributed by atoms with Crippen LogP contribution in [0.1, 0.15) is 51.0 Å². The van der Waals surface area contributed by atoms with Gasteiger partial charge >= 0.3 is 12.3 Å². The number of halogens is 4. The largest absolute Gasteiger partial charge is 0.444 e. The topological polar surface area (TPSA) is 148 Å². The highest BCUT2D eigenvalue weighted by Gasteiger charge is 2.39. The van der Waals surface area contributed by atoms with Crippen LogP contribution in [0.25, 0.3) is 5.69 Å². The molecule has 1 aliphatic rings. The van der Waals surface area contributed by atoms with Crippen LogP contribution in [-0.2, 0) is 20.4 Å². The van der Waals surface area contributed by atoms with Crippen LogP contribution < -0.4 is 11.5 Å². The second-order valence-corrected chi connectivity index (χ2v) is 9.49. The molecule has 5 N–H and O–H groups in total. The van der Waals surface area contributed by atoms with Crippen molar-refractivity contribution in [3.63, 3.8) is 0 Å². The third kappa shape index (κ3) is 8.03. The predicted octanol–water partition coefficient (Wildman–Crippen LogP) is 3.29. The molecular formula is C22H31ClF3N5O5. The molecule has 1 aromatic carbocycles. The number of primary amides is 1. The number of hydrogen-bond acceptors (Lipinski definition) is 8. The highest BCUT2D eigenvalue weighted by molar-refractivity contribution is 6.30. The minimum absolute atomic E-state index is 0.00215. The summed E-state index contributed by atoms with van der Waals surface area (Å²) in [4.78, 5) is 14.2. The molecule has 14 heteroatoms. The van der Waals surface area contributed by atoms with E-state index in [2.05, 4.69) is 14.8 Å². The maximum absolute atomic E-state index is 13.5. The lowest BCUT2D eigenvalue weighted by Gasteiger charge is -2.37. The summed E-state index contributed by atoms with van der Waals surface area (Å²) in [6, 6.07) is 3.16. The van der Waals surface area contributed by atoms with Crippen molar-refractivity contribution in [3.8, 4) is 5.69 Å². The molecule has 1 aliphatic heterocycles. The number of alkyl halides is 3. The number of nitrogens with two attached hydrogens (primary N) is 2. The molecule has 0 aliphatic carbocycles. The minimum atomic E-state index is -4.64. The zero-order valence-corrected chi connectivity index (χ0v) is 21.3. The number of aliphatic hydroxyl groups excluding tert-OH is 1. The molecule has 0 radical (unpaired) electrons. The van der Waals surface area contributed by atoms with Gasteiger partial charge in [0.05, 0.1) is 30.1 Å². The molecule has 36 heavy (non-hydrogen) atoms. The van der Waals surface area contributed by atoms with Gasteiger partial charge in [-0.3, -0.25) is 0 Å². The van der Waals surface area contributed by atoms with Crippen LogP contribution in [0.15, 0.2) is 18.2 Å². The smallest absolute Gasteiger partial charge is 0.418 e. The summed E-state index contributed by atoms with van der Waals surface area (Å²) in [7, 11) is 0. The number of benzene rings is 1. The van der Waals surface area contributed by atoms with E-state index in [0.29, 0.717) is 6.61 Å². The monoisotopic (exact) mass is 537 g/mol. The van der Waals surface area contributed by atoms with Crippen LogP contribution in [0.5, 0.6) is 0 Å². The Kier molecular flexibility index (Phi) is 9.71. The minimum Gasteiger partial charge on any atom is -0.444 e. The third-order valence-electron chi connectivity index (χ3n) is 4.85. The fourth-order valence-electron chi connectivity index (χ4n) is 3.17. The second-order valence-electron chi connectivity index (χ2n) is 9.06. The Morgan fingerprint density at radius 2 is 2.00 bits per heavy atom. The molecule has 10 nitrogen and oxygen atoms in total. The average molecular weight is 538 g/mol. The molecule has 0 saturated carbocycles. The summed E-state index contributed by atoms with van der Waals surface area (Å²) < 4.78 is 57.3. The van der Waals surface area contributed by atoms with Gasteiger partial charge in [-0.25, -0.2) is 14.5 Å². The second kappa shape index (κ2) is 11.7. The predicted molar refractivity (Wildman–Crippen MR) is 125 cm³/mol. The third-order valence-corrected chi connectivity index (χ3v) is 5.09. The summed E-state index contributed by atoms with van der Waals surface area (Å²) in [6.07, 6.45) is -8.24. The molecular weight excluding hydrogens is 507 g/mol. The van der Waals surface area contributed by atoms with Crippen LogP contribution in [0.2, 0.25) is 5.02 Å². The van der Waals surface area contributed by atoms with E-state index >= 15 is 0 Å². The first-order valence-corrected chi connectivity index (χ1v) is 11.4. The molecule has 2 aromatic rings. The number of nitrogens with zero attached hydrogens (tertiary/aromatic N) is 3. The highest BCUT2D eigenvalue weighted by atomic mass is 35.5. The first kappa shape index (κ1) is 29.8. The van der Waals surface area contributed by atoms with Crippen molar-refractivity contribution >= 4 is 17.7 Å². The molecule has 0 spiro atoms. The van der Waals surface area contributed by atoms with Crippen molar-refractivity contribution in [1.82, 2.24) is 14.8 Å². The Bertz CT molecular complexity index is 1040. The summed E-state index contributed by atoms with van der Waals surface area (Å²) in [5.41, 5.74) is 8.59. The number of rotatable bonds is 6. The summed E-state index contributed by atoms with van der Waals surface area (Å²) in [5, 5.41) is 14.6. The van der Waals surface area contributed by atoms with Gasteiger partial charge in [0.25, 0.3) is 0 Å². The fraction of sp³-hybridized carbons (Fsp3) is 0.591. The van der Waals surface area contributed by atoms with Crippen LogP contribution in [0.4, 0.5) is 18.0 Å². The van der Waals surface area contributed by atoms with E-state index in [9.17, 15) is 23.1 Å². The van der Waals surface area contributed by atoms with E-state index in [1.54, 1.807) is 27.7 Å². The lowest BCUT2D eigenvalue weighted by molar-refractivity contribution is -0.216. The maximum atomic E-state index is 13.5. The zero-order valence-electron chi connectivity index (χ0n) is 20.5. The van der Waals surface area contributed by atoms with Gasteiger partial charge < -0.3 is 30.8 Å². The number of hydrogen-bond donors (Lipinski definition) is 3. The molecule has 1 saturated heterocycles. The Balaban J connectivity index is 0.000000493. The van der Waals surface area contributed by atoms with Crippen molar-refractivity contribution in [2.45, 2.75) is 70.8 Å². The van der Waals surface area contributed by atoms with Gasteiger partial charge in [0.2, 0.25) is 0 Å². The zero-order chi connectivity index (χ0) is 27.4. The Hall–Kier alpha value is -2.45. The van der Waals surface area contributed by atoms with Crippen LogP contribution in [0, 0.1) is 6.92 Å². The van der Waals surface area contributed by atoms with E-state index in [4.69, 9.17) is 32.5 Å². The van der Waals surface area contributed by atoms with Crippen LogP contribution in [0.3, 0.4) is 0 Å². The van der Waals surface area contributed by atoms with Gasteiger partial charge in [-0.05, 0) is 52.8 Å². The highest BCUT2D eigenvalue weighted by Crippen LogP contribution is 2.37. The molecule has 2 heterocycles. The summed E-state index contributed by atoms with van der Waals surface area (Å²) >= 11 is 5.93. The van der Waals surface area contributed by atoms with Crippen molar-refractivity contribution in [2.24, 2.45) is 11.5 Å². The van der Waals surface area contributed by atoms with Gasteiger partial charge in [-0.2, -0.15) is 18.3 Å². The average Bonchev–Trinajstić information content (AvgIpc) is 3.11. The van der Waals surface area contributed by atoms with Crippen molar-refractivity contribution < 1.29 is 37.3 Å². The number of carbonyl (C=O) groups excluding carboxylic acids is 1. The van der Waals surface area contributed by atoms with E-state index in [0.717, 1.165) is 22.9 Å². The molecule has 1 fully saturated rings. The standard InChI is InChI=1S/C17H20ClF3N4O3.C5H11NO2/c1-8-14(7-27-8)28-15(13(26)6-22)16-23-9(2)24-25(16)12-5-10(18)3-4-11(12)17(19,20)21;1-5(2,3)8-4(6)7/h3-5,8,13-15,26H,6-7,22H2,1-2H3;1-3H3,(H2,6,7)/t8?,13-,14?,15?;/m0./s1. The van der Waals surface area contributed by atoms with Crippen LogP contribution >= 0.6 is 11.6 Å². The fourth-order valence-corrected chi connectivity index (χ4v) is 3.33. The van der Waals surface area contributed by atoms with Gasteiger partial charge in [-0.1, -0.05) is 11.6 Å². The number of aliphatic hydroxyl groups is 1. The first-order chi connectivity index (χ1) is 16.5. The summed E-state index contributed by atoms with van der Waals surface area (Å²) in [6.45, 7) is 8.72. The maximum Gasteiger partial charge on any atom is 0.418 e. The number of ether oxygens (including phenoxy) is 3. The van der Waals surface area contributed by atoms with E-state index < -0.39 is 35.6 Å². The Labute approximate surface area is 211 Å². The van der Waals surface area contributed by atoms with E-state index in [1.165, 1.54) is 6.92 Å². The van der Waals surface area contributed by atoms with Gasteiger partial charge in [0, 0.05) is 11.6 Å². The summed E-state index contributed by atoms with van der Waals surface area (Å²) in [5.74, 6) is 0.209. The first-order valence-electron chi connectivity index (χ1n) is 11.0. The van der Waals surface area contributed by atoms with Crippen LogP contribution in [-0.4, -0.2) is 63.0 Å². The Morgan fingerprint density at radius 3 is 2.42 bits per heavy atom. The van der Waals surface area contributed by atoms with Crippen molar-refractivity contribution in [1.29, 1.82) is 0 Å². The van der Waals surface area contributed by atoms with E-state index in [1.807, 2.05) is 0 Å². The van der Waals surface area contributed by atoms with E-state index in [-0.39, 0.29) is 41.1 Å². The lowest BCUT2D eigenvalue weighted by Crippen LogP contribution is -2.47. The molecule has 202 valence electrons.